The van der Waals surface area contributed by atoms with E-state index in [0.29, 0.717) is 30.5 Å². The van der Waals surface area contributed by atoms with Crippen molar-refractivity contribution in [3.05, 3.63) is 65.2 Å². The molecule has 3 atom stereocenters. The van der Waals surface area contributed by atoms with Crippen molar-refractivity contribution in [2.24, 2.45) is 5.92 Å². The normalized spacial score (nSPS) is 19.7. The van der Waals surface area contributed by atoms with E-state index in [1.165, 1.54) is 0 Å². The molecule has 8 heteroatoms. The number of benzene rings is 2. The highest BCUT2D eigenvalue weighted by atomic mass is 16.2. The van der Waals surface area contributed by atoms with Crippen LogP contribution < -0.4 is 10.2 Å². The standard InChI is InChI=1S/C29H36N4O4/c1-18(2)16-23(30-27(35)20-10-12-21(13-11-20)31(4)5)29(37)32-15-14-24-26(32)25(34)17-33(24)28(36)22-9-7-6-8-19(22)3/h6-13,18,23-24,26H,14-17H2,1-5H3,(H,30,35)/t23-,24?,26?/m0/s1. The Morgan fingerprint density at radius 2 is 1.70 bits per heavy atom. The van der Waals surface area contributed by atoms with Gasteiger partial charge in [-0.2, -0.15) is 0 Å². The minimum atomic E-state index is -0.756. The third-order valence-corrected chi connectivity index (χ3v) is 7.30. The number of likely N-dealkylation sites (tertiary alicyclic amines) is 2. The smallest absolute Gasteiger partial charge is 0.254 e. The lowest BCUT2D eigenvalue weighted by Crippen LogP contribution is -2.53. The third-order valence-electron chi connectivity index (χ3n) is 7.30. The number of carbonyl (C=O) groups is 4. The summed E-state index contributed by atoms with van der Waals surface area (Å²) < 4.78 is 0. The van der Waals surface area contributed by atoms with Crippen LogP contribution in [0.3, 0.4) is 0 Å². The maximum Gasteiger partial charge on any atom is 0.254 e. The van der Waals surface area contributed by atoms with Gasteiger partial charge in [0.25, 0.3) is 11.8 Å². The number of Topliss-reactive ketones (excluding diaryl/α,β-unsaturated/α-hetero) is 1. The molecule has 2 unspecified atom stereocenters. The van der Waals surface area contributed by atoms with Gasteiger partial charge in [-0.05, 0) is 61.6 Å². The molecule has 2 fully saturated rings. The van der Waals surface area contributed by atoms with Gasteiger partial charge in [-0.25, -0.2) is 0 Å². The van der Waals surface area contributed by atoms with Gasteiger partial charge in [0.15, 0.2) is 5.78 Å². The predicted molar refractivity (Wildman–Crippen MR) is 143 cm³/mol. The van der Waals surface area contributed by atoms with Gasteiger partial charge in [0.1, 0.15) is 12.1 Å². The van der Waals surface area contributed by atoms with Gasteiger partial charge in [0.05, 0.1) is 12.6 Å². The minimum Gasteiger partial charge on any atom is -0.378 e. The van der Waals surface area contributed by atoms with Gasteiger partial charge in [0, 0.05) is 37.5 Å². The van der Waals surface area contributed by atoms with Crippen molar-refractivity contribution in [1.29, 1.82) is 0 Å². The fourth-order valence-electron chi connectivity index (χ4n) is 5.35. The van der Waals surface area contributed by atoms with Crippen LogP contribution in [0.25, 0.3) is 0 Å². The Morgan fingerprint density at radius 1 is 1.03 bits per heavy atom. The predicted octanol–water partition coefficient (Wildman–Crippen LogP) is 2.90. The van der Waals surface area contributed by atoms with Crippen LogP contribution in [-0.4, -0.2) is 78.6 Å². The molecule has 2 aliphatic heterocycles. The number of nitrogens with one attached hydrogen (secondary N) is 1. The minimum absolute atomic E-state index is 0.00822. The monoisotopic (exact) mass is 504 g/mol. The van der Waals surface area contributed by atoms with Crippen LogP contribution in [0.2, 0.25) is 0 Å². The van der Waals surface area contributed by atoms with Crippen LogP contribution in [-0.2, 0) is 9.59 Å². The number of rotatable bonds is 7. The van der Waals surface area contributed by atoms with Gasteiger partial charge in [-0.3, -0.25) is 19.2 Å². The van der Waals surface area contributed by atoms with Crippen molar-refractivity contribution in [2.75, 3.05) is 32.1 Å². The number of hydrogen-bond donors (Lipinski definition) is 1. The highest BCUT2D eigenvalue weighted by Gasteiger charge is 2.52. The number of nitrogens with zero attached hydrogens (tertiary/aromatic N) is 3. The molecule has 2 saturated heterocycles. The Morgan fingerprint density at radius 3 is 2.32 bits per heavy atom. The molecule has 0 radical (unpaired) electrons. The summed E-state index contributed by atoms with van der Waals surface area (Å²) in [6.45, 7) is 6.23. The van der Waals surface area contributed by atoms with E-state index in [2.05, 4.69) is 5.32 Å². The number of carbonyl (C=O) groups excluding carboxylic acids is 4. The average Bonchev–Trinajstić information content (AvgIpc) is 3.44. The van der Waals surface area contributed by atoms with Gasteiger partial charge in [-0.1, -0.05) is 32.0 Å². The summed E-state index contributed by atoms with van der Waals surface area (Å²) >= 11 is 0. The van der Waals surface area contributed by atoms with Crippen LogP contribution in [0.15, 0.2) is 48.5 Å². The first-order chi connectivity index (χ1) is 17.6. The SMILES string of the molecule is Cc1ccccc1C(=O)N1CC(=O)C2C1CCN2C(=O)[C@H](CC(C)C)NC(=O)c1ccc(N(C)C)cc1. The molecule has 0 spiro atoms. The van der Waals surface area contributed by atoms with E-state index in [1.54, 1.807) is 28.0 Å². The number of hydrogen-bond acceptors (Lipinski definition) is 5. The number of ketones is 1. The number of anilines is 1. The van der Waals surface area contributed by atoms with Crippen molar-refractivity contribution >= 4 is 29.2 Å². The summed E-state index contributed by atoms with van der Waals surface area (Å²) in [6, 6.07) is 12.7. The molecule has 2 aliphatic rings. The molecule has 0 saturated carbocycles. The maximum atomic E-state index is 13.7. The van der Waals surface area contributed by atoms with Crippen molar-refractivity contribution in [3.8, 4) is 0 Å². The zero-order valence-corrected chi connectivity index (χ0v) is 22.2. The van der Waals surface area contributed by atoms with E-state index in [-0.39, 0.29) is 42.0 Å². The summed E-state index contributed by atoms with van der Waals surface area (Å²) in [5.74, 6) is -0.748. The van der Waals surface area contributed by atoms with Crippen LogP contribution in [0.4, 0.5) is 5.69 Å². The maximum absolute atomic E-state index is 13.7. The topological polar surface area (TPSA) is 90.0 Å². The zero-order valence-electron chi connectivity index (χ0n) is 22.2. The number of amides is 3. The van der Waals surface area contributed by atoms with Crippen molar-refractivity contribution < 1.29 is 19.2 Å². The molecule has 3 amide bonds. The molecular formula is C29H36N4O4. The van der Waals surface area contributed by atoms with Crippen LogP contribution >= 0.6 is 0 Å². The molecule has 2 aromatic carbocycles. The van der Waals surface area contributed by atoms with E-state index >= 15 is 0 Å². The van der Waals surface area contributed by atoms with Crippen molar-refractivity contribution in [2.45, 2.75) is 51.7 Å². The van der Waals surface area contributed by atoms with Crippen LogP contribution in [0.5, 0.6) is 0 Å². The summed E-state index contributed by atoms with van der Waals surface area (Å²) in [4.78, 5) is 58.3. The third kappa shape index (κ3) is 5.38. The van der Waals surface area contributed by atoms with Crippen molar-refractivity contribution in [1.82, 2.24) is 15.1 Å². The van der Waals surface area contributed by atoms with Gasteiger partial charge < -0.3 is 20.0 Å². The lowest BCUT2D eigenvalue weighted by atomic mass is 10.0. The first-order valence-corrected chi connectivity index (χ1v) is 12.9. The van der Waals surface area contributed by atoms with Gasteiger partial charge in [0.2, 0.25) is 5.91 Å². The molecule has 2 aromatic rings. The molecule has 8 nitrogen and oxygen atoms in total. The van der Waals surface area contributed by atoms with E-state index in [0.717, 1.165) is 11.3 Å². The van der Waals surface area contributed by atoms with E-state index < -0.39 is 12.1 Å². The second-order valence-corrected chi connectivity index (χ2v) is 10.6. The van der Waals surface area contributed by atoms with E-state index in [9.17, 15) is 19.2 Å². The molecule has 0 aromatic heterocycles. The van der Waals surface area contributed by atoms with Gasteiger partial charge in [-0.15, -0.1) is 0 Å². The first kappa shape index (κ1) is 26.4. The Kier molecular flexibility index (Phi) is 7.66. The zero-order chi connectivity index (χ0) is 26.9. The summed E-state index contributed by atoms with van der Waals surface area (Å²) in [6.07, 6.45) is 0.988. The van der Waals surface area contributed by atoms with E-state index in [1.807, 2.05) is 70.1 Å². The molecule has 0 aliphatic carbocycles. The summed E-state index contributed by atoms with van der Waals surface area (Å²) in [5.41, 5.74) is 2.87. The second-order valence-electron chi connectivity index (χ2n) is 10.6. The Labute approximate surface area is 218 Å². The average molecular weight is 505 g/mol. The van der Waals surface area contributed by atoms with Crippen LogP contribution in [0.1, 0.15) is 53.0 Å². The van der Waals surface area contributed by atoms with Crippen LogP contribution in [0, 0.1) is 12.8 Å². The molecule has 37 heavy (non-hydrogen) atoms. The van der Waals surface area contributed by atoms with Gasteiger partial charge >= 0.3 is 0 Å². The van der Waals surface area contributed by atoms with E-state index in [4.69, 9.17) is 0 Å². The lowest BCUT2D eigenvalue weighted by Gasteiger charge is -2.29. The number of fused-ring (bicyclic) bond motifs is 1. The lowest BCUT2D eigenvalue weighted by molar-refractivity contribution is -0.138. The summed E-state index contributed by atoms with van der Waals surface area (Å²) in [5, 5.41) is 2.92. The Bertz CT molecular complexity index is 1190. The second kappa shape index (κ2) is 10.7. The fourth-order valence-corrected chi connectivity index (χ4v) is 5.35. The summed E-state index contributed by atoms with van der Waals surface area (Å²) in [7, 11) is 3.85. The Balaban J connectivity index is 1.51. The quantitative estimate of drug-likeness (QED) is 0.626. The molecule has 2 heterocycles. The molecule has 196 valence electrons. The molecule has 4 rings (SSSR count). The van der Waals surface area contributed by atoms with Crippen molar-refractivity contribution in [3.63, 3.8) is 0 Å². The highest BCUT2D eigenvalue weighted by Crippen LogP contribution is 2.32. The molecule has 1 N–H and O–H groups in total. The number of aryl methyl sites for hydroxylation is 1. The molecular weight excluding hydrogens is 468 g/mol. The first-order valence-electron chi connectivity index (χ1n) is 12.9. The molecule has 0 bridgehead atoms. The largest absolute Gasteiger partial charge is 0.378 e. The Hall–Kier alpha value is -3.68. The highest BCUT2D eigenvalue weighted by molar-refractivity contribution is 6.04. The fraction of sp³-hybridized carbons (Fsp3) is 0.448.